The minimum Gasteiger partial charge on any atom is -0.454 e. The first-order valence-electron chi connectivity index (χ1n) is 11.4. The van der Waals surface area contributed by atoms with Crippen molar-refractivity contribution in [3.63, 3.8) is 0 Å². The Hall–Kier alpha value is -3.15. The molecule has 1 aliphatic heterocycles. The number of allylic oxidation sites excluding steroid dienone is 4. The van der Waals surface area contributed by atoms with Gasteiger partial charge in [0.1, 0.15) is 6.10 Å². The van der Waals surface area contributed by atoms with Gasteiger partial charge in [-0.15, -0.1) is 0 Å². The quantitative estimate of drug-likeness (QED) is 0.454. The number of fused-ring (bicyclic) bond motifs is 1. The number of benzene rings is 1. The molecule has 0 N–H and O–H groups in total. The minimum atomic E-state index is -1.04. The molecule has 0 amide bonds. The Morgan fingerprint density at radius 3 is 2.52 bits per heavy atom. The number of hydrogen-bond donors (Lipinski definition) is 0. The van der Waals surface area contributed by atoms with Gasteiger partial charge in [-0.25, -0.2) is 4.79 Å². The van der Waals surface area contributed by atoms with Crippen LogP contribution in [-0.4, -0.2) is 43.5 Å². The standard InChI is InChI=1S/C27H31NO5/c1-17(2)7-6-8-18(3)15-27-24-21(13-14-22(29)26(24,27)16-23(30)33-27)32-25(31)19-9-11-20(12-10-19)28(4)5/h7,9-15,21,24H,6,8,16H2,1-5H3/b18-15+/t21-,24?,26?,27+/m1/s1. The van der Waals surface area contributed by atoms with E-state index in [0.29, 0.717) is 5.56 Å². The molecule has 2 aliphatic carbocycles. The number of ether oxygens (including phenoxy) is 2. The van der Waals surface area contributed by atoms with E-state index in [1.165, 1.54) is 11.6 Å². The predicted octanol–water partition coefficient (Wildman–Crippen LogP) is 4.41. The average Bonchev–Trinajstić information content (AvgIpc) is 3.17. The fraction of sp³-hybridized carbons (Fsp3) is 0.444. The maximum Gasteiger partial charge on any atom is 0.338 e. The van der Waals surface area contributed by atoms with Gasteiger partial charge in [0.05, 0.1) is 23.3 Å². The first kappa shape index (κ1) is 23.0. The molecule has 1 saturated carbocycles. The van der Waals surface area contributed by atoms with Gasteiger partial charge in [0.25, 0.3) is 0 Å². The van der Waals surface area contributed by atoms with Crippen LogP contribution in [0.5, 0.6) is 0 Å². The zero-order valence-electron chi connectivity index (χ0n) is 19.9. The SMILES string of the molecule is CC(C)=CCC/C(C)=C/[C@@]12OC(=O)CC13C(=O)C=C[C@@H](OC(=O)c1ccc(N(C)C)cc1)C32. The van der Waals surface area contributed by atoms with Gasteiger partial charge in [0.15, 0.2) is 11.4 Å². The van der Waals surface area contributed by atoms with Crippen LogP contribution < -0.4 is 4.90 Å². The largest absolute Gasteiger partial charge is 0.454 e. The van der Waals surface area contributed by atoms with E-state index in [4.69, 9.17) is 9.47 Å². The van der Waals surface area contributed by atoms with Crippen molar-refractivity contribution in [3.8, 4) is 0 Å². The van der Waals surface area contributed by atoms with E-state index < -0.39 is 29.0 Å². The van der Waals surface area contributed by atoms with Crippen LogP contribution in [0.3, 0.4) is 0 Å². The van der Waals surface area contributed by atoms with Crippen LogP contribution in [-0.2, 0) is 19.1 Å². The van der Waals surface area contributed by atoms with Gasteiger partial charge in [-0.05, 0) is 76.1 Å². The third-order valence-corrected chi connectivity index (χ3v) is 6.93. The maximum absolute atomic E-state index is 13.0. The number of anilines is 1. The van der Waals surface area contributed by atoms with Crippen LogP contribution in [0.1, 0.15) is 50.4 Å². The lowest BCUT2D eigenvalue weighted by Gasteiger charge is -2.22. The van der Waals surface area contributed by atoms with E-state index in [9.17, 15) is 14.4 Å². The minimum absolute atomic E-state index is 0.0180. The number of carbonyl (C=O) groups is 3. The van der Waals surface area contributed by atoms with E-state index in [1.807, 2.05) is 44.1 Å². The molecule has 0 bridgehead atoms. The summed E-state index contributed by atoms with van der Waals surface area (Å²) >= 11 is 0. The number of rotatable bonds is 7. The van der Waals surface area contributed by atoms with E-state index in [2.05, 4.69) is 19.9 Å². The lowest BCUT2D eigenvalue weighted by atomic mass is 9.87. The van der Waals surface area contributed by atoms with Gasteiger partial charge in [0, 0.05) is 19.8 Å². The summed E-state index contributed by atoms with van der Waals surface area (Å²) in [6.07, 6.45) is 8.22. The Morgan fingerprint density at radius 2 is 1.88 bits per heavy atom. The van der Waals surface area contributed by atoms with E-state index >= 15 is 0 Å². The van der Waals surface area contributed by atoms with Crippen molar-refractivity contribution in [2.45, 2.75) is 51.7 Å². The van der Waals surface area contributed by atoms with Gasteiger partial charge < -0.3 is 14.4 Å². The average molecular weight is 450 g/mol. The second-order valence-electron chi connectivity index (χ2n) is 9.74. The highest BCUT2D eigenvalue weighted by Crippen LogP contribution is 2.74. The van der Waals surface area contributed by atoms with Crippen molar-refractivity contribution in [3.05, 3.63) is 65.3 Å². The Kier molecular flexibility index (Phi) is 5.81. The van der Waals surface area contributed by atoms with Crippen LogP contribution in [0.4, 0.5) is 5.69 Å². The maximum atomic E-state index is 13.0. The highest BCUT2D eigenvalue weighted by atomic mass is 16.6. The van der Waals surface area contributed by atoms with Crippen molar-refractivity contribution in [1.82, 2.24) is 0 Å². The number of nitrogens with zero attached hydrogens (tertiary/aromatic N) is 1. The van der Waals surface area contributed by atoms with Crippen molar-refractivity contribution in [2.75, 3.05) is 19.0 Å². The Balaban J connectivity index is 1.57. The molecule has 1 heterocycles. The van der Waals surface area contributed by atoms with E-state index in [-0.39, 0.29) is 18.2 Å². The van der Waals surface area contributed by atoms with Crippen molar-refractivity contribution in [1.29, 1.82) is 0 Å². The lowest BCUT2D eigenvalue weighted by Crippen LogP contribution is -2.31. The van der Waals surface area contributed by atoms with Crippen LogP contribution in [0.15, 0.2) is 59.7 Å². The fourth-order valence-electron chi connectivity index (χ4n) is 5.28. The molecule has 174 valence electrons. The highest BCUT2D eigenvalue weighted by molar-refractivity contribution is 6.06. The topological polar surface area (TPSA) is 72.9 Å². The lowest BCUT2D eigenvalue weighted by molar-refractivity contribution is -0.145. The van der Waals surface area contributed by atoms with Crippen molar-refractivity contribution >= 4 is 23.4 Å². The Morgan fingerprint density at radius 1 is 1.18 bits per heavy atom. The zero-order valence-corrected chi connectivity index (χ0v) is 19.9. The first-order chi connectivity index (χ1) is 15.6. The summed E-state index contributed by atoms with van der Waals surface area (Å²) in [6, 6.07) is 7.15. The van der Waals surface area contributed by atoms with Gasteiger partial charge in [-0.3, -0.25) is 9.59 Å². The summed E-state index contributed by atoms with van der Waals surface area (Å²) in [4.78, 5) is 40.0. The number of carbonyl (C=O) groups excluding carboxylic acids is 3. The van der Waals surface area contributed by atoms with E-state index in [0.717, 1.165) is 24.1 Å². The summed E-state index contributed by atoms with van der Waals surface area (Å²) < 4.78 is 11.6. The van der Waals surface area contributed by atoms with Crippen LogP contribution in [0.25, 0.3) is 0 Å². The molecule has 4 atom stereocenters. The molecule has 1 spiro atoms. The Bertz CT molecular complexity index is 1080. The molecule has 6 nitrogen and oxygen atoms in total. The molecule has 2 unspecified atom stereocenters. The van der Waals surface area contributed by atoms with Crippen LogP contribution >= 0.6 is 0 Å². The molecule has 4 rings (SSSR count). The van der Waals surface area contributed by atoms with Gasteiger partial charge in [-0.2, -0.15) is 0 Å². The number of esters is 2. The Labute approximate surface area is 194 Å². The first-order valence-corrected chi connectivity index (χ1v) is 11.4. The van der Waals surface area contributed by atoms with Crippen LogP contribution in [0.2, 0.25) is 0 Å². The summed E-state index contributed by atoms with van der Waals surface area (Å²) in [5.74, 6) is -1.37. The molecule has 1 aromatic rings. The monoisotopic (exact) mass is 449 g/mol. The molecule has 0 aromatic heterocycles. The molecule has 2 fully saturated rings. The second-order valence-corrected chi connectivity index (χ2v) is 9.74. The summed E-state index contributed by atoms with van der Waals surface area (Å²) in [7, 11) is 3.86. The number of ketones is 1. The van der Waals surface area contributed by atoms with Crippen molar-refractivity contribution < 1.29 is 23.9 Å². The third-order valence-electron chi connectivity index (χ3n) is 6.93. The molecule has 3 aliphatic rings. The summed E-state index contributed by atoms with van der Waals surface area (Å²) in [5, 5.41) is 0. The zero-order chi connectivity index (χ0) is 24.0. The van der Waals surface area contributed by atoms with Crippen LogP contribution in [0, 0.1) is 11.3 Å². The molecule has 0 radical (unpaired) electrons. The second kappa shape index (κ2) is 8.32. The van der Waals surface area contributed by atoms with Crippen molar-refractivity contribution in [2.24, 2.45) is 11.3 Å². The van der Waals surface area contributed by atoms with Gasteiger partial charge in [0.2, 0.25) is 0 Å². The smallest absolute Gasteiger partial charge is 0.338 e. The third kappa shape index (κ3) is 3.81. The molecule has 33 heavy (non-hydrogen) atoms. The molecule has 1 aromatic carbocycles. The molecule has 6 heteroatoms. The normalized spacial score (nSPS) is 29.7. The summed E-state index contributed by atoms with van der Waals surface area (Å²) in [5.41, 5.74) is 1.69. The van der Waals surface area contributed by atoms with Gasteiger partial charge >= 0.3 is 11.9 Å². The highest BCUT2D eigenvalue weighted by Gasteiger charge is 2.88. The van der Waals surface area contributed by atoms with E-state index in [1.54, 1.807) is 18.2 Å². The predicted molar refractivity (Wildman–Crippen MR) is 126 cm³/mol. The number of hydrogen-bond acceptors (Lipinski definition) is 6. The molecule has 1 saturated heterocycles. The molecular formula is C27H31NO5. The fourth-order valence-corrected chi connectivity index (χ4v) is 5.28. The van der Waals surface area contributed by atoms with Gasteiger partial charge in [-0.1, -0.05) is 17.2 Å². The molecular weight excluding hydrogens is 418 g/mol. The summed E-state index contributed by atoms with van der Waals surface area (Å²) in [6.45, 7) is 6.10.